The van der Waals surface area contributed by atoms with Gasteiger partial charge in [0.2, 0.25) is 0 Å². The van der Waals surface area contributed by atoms with Gasteiger partial charge in [-0.15, -0.1) is 0 Å². The fraction of sp³-hybridized carbons (Fsp3) is 0.250. The quantitative estimate of drug-likeness (QED) is 0.779. The smallest absolute Gasteiger partial charge is 0.0514 e. The molecule has 1 atom stereocenters. The molecule has 0 bridgehead atoms. The molecule has 0 spiro atoms. The third-order valence-corrected chi connectivity index (χ3v) is 3.67. The summed E-state index contributed by atoms with van der Waals surface area (Å²) >= 11 is 3.59. The Kier molecular flexibility index (Phi) is 4.82. The first-order valence-electron chi connectivity index (χ1n) is 6.37. The molecule has 2 heteroatoms. The molecular weight excluding hydrogens is 286 g/mol. The summed E-state index contributed by atoms with van der Waals surface area (Å²) in [6.07, 6.45) is 2.29. The molecule has 1 N–H and O–H groups in total. The van der Waals surface area contributed by atoms with Gasteiger partial charge in [-0.05, 0) is 40.0 Å². The minimum atomic E-state index is 0.370. The van der Waals surface area contributed by atoms with Crippen LogP contribution in [0.4, 0.5) is 5.69 Å². The van der Waals surface area contributed by atoms with E-state index in [9.17, 15) is 0 Å². The Hall–Kier alpha value is -1.28. The molecule has 94 valence electrons. The first-order chi connectivity index (χ1) is 8.81. The number of halogens is 1. The Morgan fingerprint density at radius 1 is 1.00 bits per heavy atom. The first-order valence-corrected chi connectivity index (χ1v) is 7.16. The van der Waals surface area contributed by atoms with E-state index in [1.54, 1.807) is 0 Å². The summed E-state index contributed by atoms with van der Waals surface area (Å²) in [4.78, 5) is 0. The van der Waals surface area contributed by atoms with Crippen LogP contribution in [-0.4, -0.2) is 0 Å². The molecule has 1 unspecified atom stereocenters. The SMILES string of the molecule is CCCC(Nc1ccccc1Br)c1ccccc1. The molecule has 0 heterocycles. The van der Waals surface area contributed by atoms with Gasteiger partial charge in [0.25, 0.3) is 0 Å². The maximum absolute atomic E-state index is 3.62. The van der Waals surface area contributed by atoms with Gasteiger partial charge in [-0.3, -0.25) is 0 Å². The highest BCUT2D eigenvalue weighted by Gasteiger charge is 2.10. The second-order valence-corrected chi connectivity index (χ2v) is 5.23. The minimum absolute atomic E-state index is 0.370. The molecule has 0 fully saturated rings. The molecule has 0 aliphatic carbocycles. The molecule has 18 heavy (non-hydrogen) atoms. The van der Waals surface area contributed by atoms with Gasteiger partial charge in [0.1, 0.15) is 0 Å². The number of rotatable bonds is 5. The van der Waals surface area contributed by atoms with Crippen LogP contribution in [0.2, 0.25) is 0 Å². The van der Waals surface area contributed by atoms with E-state index in [1.807, 2.05) is 6.07 Å². The summed E-state index contributed by atoms with van der Waals surface area (Å²) in [6.45, 7) is 2.22. The first kappa shape index (κ1) is 13.2. The van der Waals surface area contributed by atoms with Crippen LogP contribution >= 0.6 is 15.9 Å². The molecule has 0 saturated heterocycles. The Labute approximate surface area is 117 Å². The van der Waals surface area contributed by atoms with Crippen molar-refractivity contribution in [3.05, 3.63) is 64.6 Å². The molecular formula is C16H18BrN. The summed E-state index contributed by atoms with van der Waals surface area (Å²) < 4.78 is 1.11. The maximum Gasteiger partial charge on any atom is 0.0514 e. The van der Waals surface area contributed by atoms with Crippen molar-refractivity contribution in [3.63, 3.8) is 0 Å². The van der Waals surface area contributed by atoms with Crippen molar-refractivity contribution < 1.29 is 0 Å². The van der Waals surface area contributed by atoms with Gasteiger partial charge in [0.15, 0.2) is 0 Å². The fourth-order valence-electron chi connectivity index (χ4n) is 2.06. The third-order valence-electron chi connectivity index (χ3n) is 2.98. The third kappa shape index (κ3) is 3.36. The van der Waals surface area contributed by atoms with E-state index in [4.69, 9.17) is 0 Å². The van der Waals surface area contributed by atoms with Crippen LogP contribution in [0.3, 0.4) is 0 Å². The number of hydrogen-bond donors (Lipinski definition) is 1. The molecule has 0 radical (unpaired) electrons. The largest absolute Gasteiger partial charge is 0.377 e. The van der Waals surface area contributed by atoms with Gasteiger partial charge < -0.3 is 5.32 Å². The zero-order chi connectivity index (χ0) is 12.8. The lowest BCUT2D eigenvalue weighted by molar-refractivity contribution is 0.677. The molecule has 2 aromatic rings. The van der Waals surface area contributed by atoms with E-state index >= 15 is 0 Å². The minimum Gasteiger partial charge on any atom is -0.377 e. The second-order valence-electron chi connectivity index (χ2n) is 4.38. The number of anilines is 1. The second kappa shape index (κ2) is 6.60. The van der Waals surface area contributed by atoms with Crippen LogP contribution in [-0.2, 0) is 0 Å². The average molecular weight is 304 g/mol. The van der Waals surface area contributed by atoms with Crippen LogP contribution in [0, 0.1) is 0 Å². The Balaban J connectivity index is 2.19. The highest BCUT2D eigenvalue weighted by Crippen LogP contribution is 2.28. The van der Waals surface area contributed by atoms with Crippen molar-refractivity contribution >= 4 is 21.6 Å². The zero-order valence-corrected chi connectivity index (χ0v) is 12.2. The van der Waals surface area contributed by atoms with Crippen molar-refractivity contribution in [2.45, 2.75) is 25.8 Å². The predicted octanol–water partition coefficient (Wildman–Crippen LogP) is 5.40. The number of para-hydroxylation sites is 1. The van der Waals surface area contributed by atoms with Crippen LogP contribution < -0.4 is 5.32 Å². The molecule has 1 nitrogen and oxygen atoms in total. The topological polar surface area (TPSA) is 12.0 Å². The zero-order valence-electron chi connectivity index (χ0n) is 10.6. The standard InChI is InChI=1S/C16H18BrN/c1-2-8-15(13-9-4-3-5-10-13)18-16-12-7-6-11-14(16)17/h3-7,9-12,15,18H,2,8H2,1H3. The van der Waals surface area contributed by atoms with Gasteiger partial charge in [-0.2, -0.15) is 0 Å². The van der Waals surface area contributed by atoms with Gasteiger partial charge in [0.05, 0.1) is 6.04 Å². The van der Waals surface area contributed by atoms with E-state index in [2.05, 4.69) is 76.7 Å². The van der Waals surface area contributed by atoms with Crippen LogP contribution in [0.25, 0.3) is 0 Å². The van der Waals surface area contributed by atoms with E-state index in [1.165, 1.54) is 5.56 Å². The monoisotopic (exact) mass is 303 g/mol. The van der Waals surface area contributed by atoms with E-state index in [0.717, 1.165) is 23.0 Å². The fourth-order valence-corrected chi connectivity index (χ4v) is 2.46. The van der Waals surface area contributed by atoms with Gasteiger partial charge in [-0.25, -0.2) is 0 Å². The summed E-state index contributed by atoms with van der Waals surface area (Å²) in [5.41, 5.74) is 2.50. The van der Waals surface area contributed by atoms with Crippen molar-refractivity contribution in [1.29, 1.82) is 0 Å². The molecule has 0 aliphatic heterocycles. The maximum atomic E-state index is 3.62. The molecule has 2 aromatic carbocycles. The number of nitrogens with one attached hydrogen (secondary N) is 1. The normalized spacial score (nSPS) is 12.1. The molecule has 2 rings (SSSR count). The lowest BCUT2D eigenvalue weighted by Crippen LogP contribution is -2.10. The Morgan fingerprint density at radius 3 is 2.33 bits per heavy atom. The average Bonchev–Trinajstić information content (AvgIpc) is 2.42. The van der Waals surface area contributed by atoms with Crippen molar-refractivity contribution in [2.75, 3.05) is 5.32 Å². The number of benzene rings is 2. The highest BCUT2D eigenvalue weighted by molar-refractivity contribution is 9.10. The van der Waals surface area contributed by atoms with Crippen molar-refractivity contribution in [2.24, 2.45) is 0 Å². The predicted molar refractivity (Wildman–Crippen MR) is 81.9 cm³/mol. The van der Waals surface area contributed by atoms with Gasteiger partial charge in [-0.1, -0.05) is 55.8 Å². The molecule has 0 amide bonds. The van der Waals surface area contributed by atoms with Crippen LogP contribution in [0.5, 0.6) is 0 Å². The van der Waals surface area contributed by atoms with Crippen LogP contribution in [0.15, 0.2) is 59.1 Å². The lowest BCUT2D eigenvalue weighted by Gasteiger charge is -2.20. The van der Waals surface area contributed by atoms with Gasteiger partial charge >= 0.3 is 0 Å². The van der Waals surface area contributed by atoms with Crippen molar-refractivity contribution in [3.8, 4) is 0 Å². The van der Waals surface area contributed by atoms with E-state index in [-0.39, 0.29) is 0 Å². The number of hydrogen-bond acceptors (Lipinski definition) is 1. The van der Waals surface area contributed by atoms with Crippen molar-refractivity contribution in [1.82, 2.24) is 0 Å². The van der Waals surface area contributed by atoms with E-state index < -0.39 is 0 Å². The molecule has 0 aliphatic rings. The Bertz CT molecular complexity index is 481. The summed E-state index contributed by atoms with van der Waals surface area (Å²) in [5.74, 6) is 0. The Morgan fingerprint density at radius 2 is 1.67 bits per heavy atom. The lowest BCUT2D eigenvalue weighted by atomic mass is 10.0. The molecule has 0 saturated carbocycles. The summed E-state index contributed by atoms with van der Waals surface area (Å²) in [7, 11) is 0. The van der Waals surface area contributed by atoms with E-state index in [0.29, 0.717) is 6.04 Å². The summed E-state index contributed by atoms with van der Waals surface area (Å²) in [5, 5.41) is 3.62. The highest BCUT2D eigenvalue weighted by atomic mass is 79.9. The summed E-state index contributed by atoms with van der Waals surface area (Å²) in [6, 6.07) is 19.3. The molecule has 0 aromatic heterocycles. The van der Waals surface area contributed by atoms with Crippen LogP contribution in [0.1, 0.15) is 31.4 Å². The van der Waals surface area contributed by atoms with Gasteiger partial charge in [0, 0.05) is 10.2 Å².